The largest absolute Gasteiger partial charge is 0.469 e. The van der Waals surface area contributed by atoms with Gasteiger partial charge in [0.15, 0.2) is 0 Å². The summed E-state index contributed by atoms with van der Waals surface area (Å²) in [6.45, 7) is 0. The minimum Gasteiger partial charge on any atom is -0.469 e. The molecule has 2 N–H and O–H groups in total. The standard InChI is InChI=1S/C7H13NO2.ClH/c1-10-7(9)5-3-2-4-6(5)8;/h5-6H,2-4,8H2,1H3;1H/t5-,6-;/m0./s1. The molecule has 0 bridgehead atoms. The maximum atomic E-state index is 10.9. The van der Waals surface area contributed by atoms with Gasteiger partial charge in [0, 0.05) is 6.04 Å². The van der Waals surface area contributed by atoms with E-state index in [0.29, 0.717) is 0 Å². The second kappa shape index (κ2) is 4.57. The van der Waals surface area contributed by atoms with Gasteiger partial charge >= 0.3 is 5.97 Å². The summed E-state index contributed by atoms with van der Waals surface area (Å²) in [5, 5.41) is 0. The third-order valence-electron chi connectivity index (χ3n) is 2.07. The Bertz CT molecular complexity index is 140. The molecule has 3 nitrogen and oxygen atoms in total. The highest BCUT2D eigenvalue weighted by atomic mass is 35.5. The van der Waals surface area contributed by atoms with Crippen LogP contribution in [0.3, 0.4) is 0 Å². The van der Waals surface area contributed by atoms with E-state index in [-0.39, 0.29) is 30.3 Å². The number of carbonyl (C=O) groups is 1. The zero-order chi connectivity index (χ0) is 7.56. The van der Waals surface area contributed by atoms with E-state index in [1.54, 1.807) is 0 Å². The van der Waals surface area contributed by atoms with Crippen LogP contribution in [0, 0.1) is 5.92 Å². The molecule has 2 atom stereocenters. The quantitative estimate of drug-likeness (QED) is 0.604. The van der Waals surface area contributed by atoms with Crippen molar-refractivity contribution in [1.29, 1.82) is 0 Å². The van der Waals surface area contributed by atoms with Gasteiger partial charge in [0.05, 0.1) is 13.0 Å². The van der Waals surface area contributed by atoms with Crippen molar-refractivity contribution in [3.63, 3.8) is 0 Å². The van der Waals surface area contributed by atoms with Crippen LogP contribution in [0.15, 0.2) is 0 Å². The summed E-state index contributed by atoms with van der Waals surface area (Å²) in [5.41, 5.74) is 5.65. The first-order valence-electron chi connectivity index (χ1n) is 3.59. The highest BCUT2D eigenvalue weighted by molar-refractivity contribution is 5.85. The van der Waals surface area contributed by atoms with Crippen LogP contribution in [-0.2, 0) is 9.53 Å². The maximum absolute atomic E-state index is 10.9. The molecule has 11 heavy (non-hydrogen) atoms. The van der Waals surface area contributed by atoms with E-state index in [4.69, 9.17) is 5.73 Å². The van der Waals surface area contributed by atoms with E-state index < -0.39 is 0 Å². The molecule has 1 aliphatic rings. The molecular weight excluding hydrogens is 166 g/mol. The molecule has 0 unspecified atom stereocenters. The van der Waals surface area contributed by atoms with Crippen LogP contribution in [0.2, 0.25) is 0 Å². The minimum atomic E-state index is -0.148. The van der Waals surface area contributed by atoms with Gasteiger partial charge in [0.2, 0.25) is 0 Å². The number of carbonyl (C=O) groups excluding carboxylic acids is 1. The van der Waals surface area contributed by atoms with E-state index in [1.807, 2.05) is 0 Å². The van der Waals surface area contributed by atoms with Crippen LogP contribution in [0.5, 0.6) is 0 Å². The summed E-state index contributed by atoms with van der Waals surface area (Å²) < 4.78 is 4.59. The molecular formula is C7H14ClNO2. The molecule has 1 saturated carbocycles. The zero-order valence-electron chi connectivity index (χ0n) is 6.58. The molecule has 0 aromatic heterocycles. The van der Waals surface area contributed by atoms with E-state index in [1.165, 1.54) is 7.11 Å². The molecule has 0 aromatic carbocycles. The van der Waals surface area contributed by atoms with Gasteiger partial charge in [-0.2, -0.15) is 0 Å². The van der Waals surface area contributed by atoms with Gasteiger partial charge in [-0.05, 0) is 12.8 Å². The number of esters is 1. The SMILES string of the molecule is COC(=O)[C@H]1CCC[C@@H]1N.Cl. The molecule has 0 aliphatic heterocycles. The number of methoxy groups -OCH3 is 1. The van der Waals surface area contributed by atoms with Gasteiger partial charge in [-0.15, -0.1) is 12.4 Å². The van der Waals surface area contributed by atoms with Crippen LogP contribution in [0.25, 0.3) is 0 Å². The Morgan fingerprint density at radius 1 is 1.55 bits per heavy atom. The lowest BCUT2D eigenvalue weighted by Gasteiger charge is -2.11. The summed E-state index contributed by atoms with van der Waals surface area (Å²) in [5.74, 6) is -0.185. The van der Waals surface area contributed by atoms with Crippen molar-refractivity contribution in [3.8, 4) is 0 Å². The Morgan fingerprint density at radius 3 is 2.55 bits per heavy atom. The smallest absolute Gasteiger partial charge is 0.310 e. The Labute approximate surface area is 72.7 Å². The third-order valence-corrected chi connectivity index (χ3v) is 2.07. The second-order valence-corrected chi connectivity index (χ2v) is 2.72. The molecule has 1 fully saturated rings. The van der Waals surface area contributed by atoms with E-state index in [2.05, 4.69) is 4.74 Å². The third kappa shape index (κ3) is 2.34. The molecule has 0 heterocycles. The van der Waals surface area contributed by atoms with Crippen LogP contribution in [0.4, 0.5) is 0 Å². The molecule has 0 radical (unpaired) electrons. The first kappa shape index (κ1) is 10.7. The number of hydrogen-bond donors (Lipinski definition) is 1. The van der Waals surface area contributed by atoms with E-state index in [0.717, 1.165) is 19.3 Å². The number of hydrogen-bond acceptors (Lipinski definition) is 3. The number of ether oxygens (including phenoxy) is 1. The maximum Gasteiger partial charge on any atom is 0.310 e. The van der Waals surface area contributed by atoms with Crippen molar-refractivity contribution < 1.29 is 9.53 Å². The first-order valence-corrected chi connectivity index (χ1v) is 3.59. The average Bonchev–Trinajstić information content (AvgIpc) is 2.34. The molecule has 66 valence electrons. The topological polar surface area (TPSA) is 52.3 Å². The zero-order valence-corrected chi connectivity index (χ0v) is 7.39. The van der Waals surface area contributed by atoms with Crippen LogP contribution in [-0.4, -0.2) is 19.1 Å². The van der Waals surface area contributed by atoms with Gasteiger partial charge in [-0.1, -0.05) is 6.42 Å². The first-order chi connectivity index (χ1) is 4.75. The monoisotopic (exact) mass is 179 g/mol. The van der Waals surface area contributed by atoms with Crippen LogP contribution in [0.1, 0.15) is 19.3 Å². The molecule has 1 aliphatic carbocycles. The van der Waals surface area contributed by atoms with Gasteiger partial charge in [0.1, 0.15) is 0 Å². The fourth-order valence-corrected chi connectivity index (χ4v) is 1.43. The number of nitrogens with two attached hydrogens (primary N) is 1. The summed E-state index contributed by atoms with van der Waals surface area (Å²) in [7, 11) is 1.41. The van der Waals surface area contributed by atoms with Crippen LogP contribution < -0.4 is 5.73 Å². The molecule has 0 amide bonds. The molecule has 0 saturated heterocycles. The lowest BCUT2D eigenvalue weighted by Crippen LogP contribution is -2.31. The minimum absolute atomic E-state index is 0. The van der Waals surface area contributed by atoms with Crippen molar-refractivity contribution >= 4 is 18.4 Å². The number of halogens is 1. The molecule has 1 rings (SSSR count). The fraction of sp³-hybridized carbons (Fsp3) is 0.857. The average molecular weight is 180 g/mol. The summed E-state index contributed by atoms with van der Waals surface area (Å²) >= 11 is 0. The molecule has 0 aromatic rings. The van der Waals surface area contributed by atoms with Gasteiger partial charge < -0.3 is 10.5 Å². The van der Waals surface area contributed by atoms with Gasteiger partial charge in [0.25, 0.3) is 0 Å². The predicted molar refractivity (Wildman–Crippen MR) is 44.6 cm³/mol. The molecule has 4 heteroatoms. The number of rotatable bonds is 1. The normalized spacial score (nSPS) is 29.3. The van der Waals surface area contributed by atoms with Crippen molar-refractivity contribution in [2.24, 2.45) is 11.7 Å². The summed E-state index contributed by atoms with van der Waals surface area (Å²) in [4.78, 5) is 10.9. The Balaban J connectivity index is 0.000001000. The highest BCUT2D eigenvalue weighted by Crippen LogP contribution is 2.24. The lowest BCUT2D eigenvalue weighted by molar-refractivity contribution is -0.145. The predicted octanol–water partition coefficient (Wildman–Crippen LogP) is 0.709. The van der Waals surface area contributed by atoms with Crippen molar-refractivity contribution in [1.82, 2.24) is 0 Å². The van der Waals surface area contributed by atoms with Gasteiger partial charge in [-0.25, -0.2) is 0 Å². The van der Waals surface area contributed by atoms with Crippen molar-refractivity contribution in [2.75, 3.05) is 7.11 Å². The van der Waals surface area contributed by atoms with Crippen molar-refractivity contribution in [3.05, 3.63) is 0 Å². The Morgan fingerprint density at radius 2 is 2.18 bits per heavy atom. The summed E-state index contributed by atoms with van der Waals surface area (Å²) in [6.07, 6.45) is 2.91. The van der Waals surface area contributed by atoms with Crippen molar-refractivity contribution in [2.45, 2.75) is 25.3 Å². The lowest BCUT2D eigenvalue weighted by atomic mass is 10.1. The summed E-state index contributed by atoms with van der Waals surface area (Å²) in [6, 6.07) is 0.0347. The second-order valence-electron chi connectivity index (χ2n) is 2.72. The highest BCUT2D eigenvalue weighted by Gasteiger charge is 2.30. The fourth-order valence-electron chi connectivity index (χ4n) is 1.43. The van der Waals surface area contributed by atoms with Gasteiger partial charge in [-0.3, -0.25) is 4.79 Å². The molecule has 0 spiro atoms. The van der Waals surface area contributed by atoms with E-state index in [9.17, 15) is 4.79 Å². The Kier molecular flexibility index (Phi) is 4.45. The van der Waals surface area contributed by atoms with Crippen LogP contribution >= 0.6 is 12.4 Å². The Hall–Kier alpha value is -0.280. The van der Waals surface area contributed by atoms with E-state index >= 15 is 0 Å².